The zero-order valence-corrected chi connectivity index (χ0v) is 20.5. The number of aliphatic imine (C=N–C) groups is 1. The molecule has 0 saturated heterocycles. The first-order chi connectivity index (χ1) is 16.3. The number of nitrogens with two attached hydrogens (primary N) is 3. The molecule has 0 aliphatic heterocycles. The number of hydrogen-bond donors (Lipinski definition) is 4. The summed E-state index contributed by atoms with van der Waals surface area (Å²) in [6.45, 7) is 1.03. The largest absolute Gasteiger partial charge is 0.480 e. The van der Waals surface area contributed by atoms with Crippen LogP contribution in [0.5, 0.6) is 0 Å². The van der Waals surface area contributed by atoms with Crippen LogP contribution in [0.25, 0.3) is 11.1 Å². The molecule has 7 N–H and O–H groups in total. The smallest absolute Gasteiger partial charge is 0.338 e. The second-order valence-corrected chi connectivity index (χ2v) is 10.3. The highest BCUT2D eigenvalue weighted by atomic mass is 35.5. The van der Waals surface area contributed by atoms with Gasteiger partial charge in [-0.1, -0.05) is 71.7 Å². The lowest BCUT2D eigenvalue weighted by Crippen LogP contribution is -2.53. The van der Waals surface area contributed by atoms with Crippen LogP contribution in [0, 0.1) is 0 Å². The molecule has 0 aliphatic carbocycles. The van der Waals surface area contributed by atoms with Gasteiger partial charge in [0.25, 0.3) is 0 Å². The number of carbonyl (C=O) groups excluding carboxylic acids is 1. The van der Waals surface area contributed by atoms with E-state index in [4.69, 9.17) is 40.4 Å². The minimum atomic E-state index is -4.49. The molecular weight excluding hydrogens is 515 g/mol. The summed E-state index contributed by atoms with van der Waals surface area (Å²) in [5, 5.41) is 9.17. The first kappa shape index (κ1) is 26.2. The first-order valence-electron chi connectivity index (χ1n) is 9.89. The van der Waals surface area contributed by atoms with Crippen molar-refractivity contribution in [3.05, 3.63) is 76.3 Å². The Kier molecular flexibility index (Phi) is 7.23. The number of carboxylic acid groups (broad SMARTS) is 1. The van der Waals surface area contributed by atoms with Gasteiger partial charge in [0.2, 0.25) is 9.84 Å². The molecule has 0 radical (unpaired) electrons. The Bertz CT molecular complexity index is 1460. The van der Waals surface area contributed by atoms with Crippen LogP contribution in [0.3, 0.4) is 0 Å². The maximum absolute atomic E-state index is 13.9. The van der Waals surface area contributed by atoms with E-state index in [1.54, 1.807) is 36.4 Å². The minimum absolute atomic E-state index is 0.0402. The van der Waals surface area contributed by atoms with Crippen LogP contribution in [0.15, 0.2) is 75.4 Å². The molecule has 0 fully saturated rings. The fourth-order valence-corrected chi connectivity index (χ4v) is 5.81. The fraction of sp³-hybridized carbons (Fsp3) is 0.0870. The number of carbonyl (C=O) groups is 2. The molecule has 35 heavy (non-hydrogen) atoms. The van der Waals surface area contributed by atoms with Gasteiger partial charge in [-0.3, -0.25) is 0 Å². The van der Waals surface area contributed by atoms with Crippen LogP contribution < -0.4 is 17.2 Å². The number of primary amides is 1. The van der Waals surface area contributed by atoms with Crippen LogP contribution in [0.4, 0.5) is 10.5 Å². The zero-order valence-electron chi connectivity index (χ0n) is 18.2. The van der Waals surface area contributed by atoms with E-state index >= 15 is 0 Å². The summed E-state index contributed by atoms with van der Waals surface area (Å²) in [5.41, 5.74) is 14.0. The number of nitrogens with zero attached hydrogens (tertiary/aromatic N) is 1. The molecule has 3 rings (SSSR count). The lowest BCUT2D eigenvalue weighted by molar-refractivity contribution is -0.140. The predicted octanol–water partition coefficient (Wildman–Crippen LogP) is 3.75. The van der Waals surface area contributed by atoms with Crippen molar-refractivity contribution in [3.63, 3.8) is 0 Å². The summed E-state index contributed by atoms with van der Waals surface area (Å²) >= 11 is 13.0. The van der Waals surface area contributed by atoms with E-state index in [2.05, 4.69) is 4.99 Å². The highest BCUT2D eigenvalue weighted by molar-refractivity contribution is 7.91. The van der Waals surface area contributed by atoms with E-state index in [1.165, 1.54) is 24.3 Å². The number of amides is 2. The normalized spacial score (nSPS) is 13.8. The molecule has 3 aromatic rings. The molecule has 0 bridgehead atoms. The molecule has 0 saturated carbocycles. The van der Waals surface area contributed by atoms with Crippen molar-refractivity contribution in [2.45, 2.75) is 22.3 Å². The summed E-state index contributed by atoms with van der Waals surface area (Å²) < 4.78 is 27.7. The average molecular weight is 535 g/mol. The van der Waals surface area contributed by atoms with Crippen molar-refractivity contribution < 1.29 is 23.1 Å². The molecule has 9 nitrogen and oxygen atoms in total. The number of urea groups is 1. The van der Waals surface area contributed by atoms with E-state index < -0.39 is 48.6 Å². The highest BCUT2D eigenvalue weighted by Gasteiger charge is 2.42. The number of sulfone groups is 1. The highest BCUT2D eigenvalue weighted by Crippen LogP contribution is 2.47. The van der Waals surface area contributed by atoms with Crippen molar-refractivity contribution in [1.29, 1.82) is 0 Å². The zero-order chi connectivity index (χ0) is 26.1. The number of rotatable bonds is 6. The molecule has 2 amide bonds. The van der Waals surface area contributed by atoms with Gasteiger partial charge in [0, 0.05) is 11.1 Å². The second kappa shape index (κ2) is 9.67. The molecule has 12 heteroatoms. The maximum atomic E-state index is 13.9. The summed E-state index contributed by atoms with van der Waals surface area (Å²) in [5.74, 6) is -1.62. The molecule has 1 atom stereocenters. The van der Waals surface area contributed by atoms with Gasteiger partial charge in [-0.2, -0.15) is 4.99 Å². The molecule has 0 spiro atoms. The lowest BCUT2D eigenvalue weighted by atomic mass is 9.86. The number of anilines is 1. The van der Waals surface area contributed by atoms with Crippen LogP contribution in [-0.2, 0) is 14.6 Å². The SMILES string of the molecule is CC(N)(C(=O)O)C(=NC(N)=O)c1c(-c2ccccc2)c(Cl)c(N)c(Cl)c1S(=O)(=O)c1ccccc1. The average Bonchev–Trinajstić information content (AvgIpc) is 2.81. The predicted molar refractivity (Wildman–Crippen MR) is 135 cm³/mol. The van der Waals surface area contributed by atoms with Crippen molar-refractivity contribution in [2.75, 3.05) is 5.73 Å². The standard InChI is InChI=1S/C23H20Cl2N4O5S/c1-23(28,21(30)31)20(29-22(27)32)15-14(12-8-4-2-5-9-12)16(24)18(26)17(25)19(15)35(33,34)13-10-6-3-7-11-13/h2-11H,26,28H2,1H3,(H2,27,32)(H,30,31). The maximum Gasteiger partial charge on any atom is 0.338 e. The Balaban J connectivity index is 2.68. The van der Waals surface area contributed by atoms with Crippen molar-refractivity contribution in [1.82, 2.24) is 0 Å². The van der Waals surface area contributed by atoms with E-state index in [-0.39, 0.29) is 21.2 Å². The number of halogens is 2. The summed E-state index contributed by atoms with van der Waals surface area (Å²) in [4.78, 5) is 26.9. The van der Waals surface area contributed by atoms with Crippen LogP contribution >= 0.6 is 23.2 Å². The first-order valence-corrected chi connectivity index (χ1v) is 12.1. The van der Waals surface area contributed by atoms with Crippen LogP contribution in [0.1, 0.15) is 12.5 Å². The van der Waals surface area contributed by atoms with Crippen molar-refractivity contribution >= 4 is 56.4 Å². The van der Waals surface area contributed by atoms with E-state index in [1.807, 2.05) is 0 Å². The second-order valence-electron chi connectivity index (χ2n) is 7.61. The van der Waals surface area contributed by atoms with Gasteiger partial charge in [-0.25, -0.2) is 18.0 Å². The summed E-state index contributed by atoms with van der Waals surface area (Å²) in [7, 11) is -4.49. The lowest BCUT2D eigenvalue weighted by Gasteiger charge is -2.27. The third-order valence-corrected chi connectivity index (χ3v) is 7.88. The van der Waals surface area contributed by atoms with Gasteiger partial charge in [0.1, 0.15) is 4.90 Å². The molecule has 3 aromatic carbocycles. The monoisotopic (exact) mass is 534 g/mol. The van der Waals surface area contributed by atoms with Gasteiger partial charge in [-0.05, 0) is 24.6 Å². The minimum Gasteiger partial charge on any atom is -0.480 e. The summed E-state index contributed by atoms with van der Waals surface area (Å²) in [6, 6.07) is 14.0. The van der Waals surface area contributed by atoms with Gasteiger partial charge >= 0.3 is 12.0 Å². The van der Waals surface area contributed by atoms with Crippen molar-refractivity contribution in [2.24, 2.45) is 16.5 Å². The molecule has 0 aliphatic rings. The van der Waals surface area contributed by atoms with E-state index in [0.29, 0.717) is 5.56 Å². The fourth-order valence-electron chi connectivity index (χ4n) is 3.40. The van der Waals surface area contributed by atoms with Crippen LogP contribution in [0.2, 0.25) is 10.0 Å². The number of hydrogen-bond acceptors (Lipinski definition) is 6. The Morgan fingerprint density at radius 2 is 1.49 bits per heavy atom. The number of carboxylic acids is 1. The quantitative estimate of drug-likeness (QED) is 0.274. The van der Waals surface area contributed by atoms with Gasteiger partial charge in [0.05, 0.1) is 26.3 Å². The summed E-state index contributed by atoms with van der Waals surface area (Å²) in [6.07, 6.45) is 0. The molecule has 182 valence electrons. The van der Waals surface area contributed by atoms with Gasteiger partial charge in [-0.15, -0.1) is 0 Å². The number of nitrogen functional groups attached to an aromatic ring is 1. The third-order valence-electron chi connectivity index (χ3n) is 5.15. The van der Waals surface area contributed by atoms with Gasteiger partial charge in [0.15, 0.2) is 5.54 Å². The number of benzene rings is 3. The Morgan fingerprint density at radius 3 is 1.97 bits per heavy atom. The van der Waals surface area contributed by atoms with Crippen molar-refractivity contribution in [3.8, 4) is 11.1 Å². The Labute approximate surface area is 211 Å². The Morgan fingerprint density at radius 1 is 0.971 bits per heavy atom. The topological polar surface area (TPSA) is 179 Å². The van der Waals surface area contributed by atoms with E-state index in [9.17, 15) is 23.1 Å². The third kappa shape index (κ3) is 4.73. The Hall–Kier alpha value is -3.44. The molecule has 0 aromatic heterocycles. The number of aliphatic carboxylic acids is 1. The molecule has 0 heterocycles. The molecule has 1 unspecified atom stereocenters. The van der Waals surface area contributed by atoms with Crippen LogP contribution in [-0.4, -0.2) is 36.8 Å². The van der Waals surface area contributed by atoms with Gasteiger partial charge < -0.3 is 22.3 Å². The molecular formula is C23H20Cl2N4O5S. The van der Waals surface area contributed by atoms with E-state index in [0.717, 1.165) is 6.92 Å².